The highest BCUT2D eigenvalue weighted by atomic mass is 32.2. The molecule has 7 heteroatoms. The number of aryl methyl sites for hydroxylation is 3. The number of nitrogens with zero attached hydrogens (tertiary/aromatic N) is 6. The van der Waals surface area contributed by atoms with E-state index in [0.717, 1.165) is 22.2 Å². The number of aromatic nitrogens is 6. The number of hydrogen-bond donors (Lipinski definition) is 0. The first-order valence-corrected chi connectivity index (χ1v) is 9.02. The van der Waals surface area contributed by atoms with E-state index in [9.17, 15) is 0 Å². The highest BCUT2D eigenvalue weighted by Crippen LogP contribution is 2.23. The van der Waals surface area contributed by atoms with Crippen LogP contribution in [-0.2, 0) is 5.75 Å². The summed E-state index contributed by atoms with van der Waals surface area (Å²) in [5.74, 6) is 0.714. The summed E-state index contributed by atoms with van der Waals surface area (Å²) in [5.41, 5.74) is 6.62. The van der Waals surface area contributed by atoms with Crippen molar-refractivity contribution in [2.24, 2.45) is 0 Å². The fourth-order valence-corrected chi connectivity index (χ4v) is 3.43. The van der Waals surface area contributed by atoms with E-state index >= 15 is 0 Å². The molecule has 4 rings (SSSR count). The van der Waals surface area contributed by atoms with E-state index in [2.05, 4.69) is 76.3 Å². The molecule has 3 heterocycles. The highest BCUT2D eigenvalue weighted by Gasteiger charge is 2.11. The second-order valence-electron chi connectivity index (χ2n) is 6.13. The summed E-state index contributed by atoms with van der Waals surface area (Å²) in [6.45, 7) is 6.26. The van der Waals surface area contributed by atoms with E-state index in [4.69, 9.17) is 0 Å². The van der Waals surface area contributed by atoms with Gasteiger partial charge in [-0.15, -0.1) is 5.10 Å². The molecule has 4 aromatic rings. The molecular weight excluding hydrogens is 332 g/mol. The van der Waals surface area contributed by atoms with Gasteiger partial charge in [-0.2, -0.15) is 4.68 Å². The van der Waals surface area contributed by atoms with Crippen LogP contribution in [0.4, 0.5) is 0 Å². The third-order valence-corrected chi connectivity index (χ3v) is 5.13. The first kappa shape index (κ1) is 15.8. The number of imidazole rings is 1. The second kappa shape index (κ2) is 6.33. The Labute approximate surface area is 149 Å². The van der Waals surface area contributed by atoms with Crippen molar-refractivity contribution in [1.29, 1.82) is 0 Å². The van der Waals surface area contributed by atoms with Gasteiger partial charge in [0, 0.05) is 18.1 Å². The van der Waals surface area contributed by atoms with Gasteiger partial charge < -0.3 is 4.40 Å². The van der Waals surface area contributed by atoms with Gasteiger partial charge in [0.1, 0.15) is 5.65 Å². The fraction of sp³-hybridized carbons (Fsp3) is 0.222. The average molecular weight is 350 g/mol. The van der Waals surface area contributed by atoms with Crippen molar-refractivity contribution in [3.63, 3.8) is 0 Å². The SMILES string of the molecule is Cc1ccc2nc(CSc3nnnn3-c3ccc(C)c(C)c3)cn2c1. The second-order valence-corrected chi connectivity index (χ2v) is 7.08. The molecule has 0 aliphatic carbocycles. The van der Waals surface area contributed by atoms with Gasteiger partial charge in [0.25, 0.3) is 0 Å². The molecule has 0 aliphatic rings. The molecular formula is C18H18N6S. The molecule has 0 saturated heterocycles. The Bertz CT molecular complexity index is 1050. The molecule has 0 bridgehead atoms. The molecule has 6 nitrogen and oxygen atoms in total. The first-order valence-electron chi connectivity index (χ1n) is 8.03. The summed E-state index contributed by atoms with van der Waals surface area (Å²) in [6.07, 6.45) is 4.13. The molecule has 0 unspecified atom stereocenters. The van der Waals surface area contributed by atoms with Crippen LogP contribution in [0.15, 0.2) is 47.9 Å². The van der Waals surface area contributed by atoms with Crippen molar-refractivity contribution in [2.45, 2.75) is 31.7 Å². The number of thioether (sulfide) groups is 1. The van der Waals surface area contributed by atoms with E-state index in [1.165, 1.54) is 16.7 Å². The highest BCUT2D eigenvalue weighted by molar-refractivity contribution is 7.98. The van der Waals surface area contributed by atoms with Crippen molar-refractivity contribution < 1.29 is 0 Å². The lowest BCUT2D eigenvalue weighted by molar-refractivity contribution is 0.755. The van der Waals surface area contributed by atoms with Crippen LogP contribution in [0, 0.1) is 20.8 Å². The lowest BCUT2D eigenvalue weighted by atomic mass is 10.1. The molecule has 0 spiro atoms. The van der Waals surface area contributed by atoms with Gasteiger partial charge in [-0.05, 0) is 66.1 Å². The van der Waals surface area contributed by atoms with Crippen LogP contribution in [0.3, 0.4) is 0 Å². The van der Waals surface area contributed by atoms with E-state index in [1.807, 2.05) is 12.1 Å². The lowest BCUT2D eigenvalue weighted by Gasteiger charge is -2.06. The smallest absolute Gasteiger partial charge is 0.214 e. The molecule has 0 atom stereocenters. The van der Waals surface area contributed by atoms with E-state index in [0.29, 0.717) is 5.75 Å². The number of hydrogen-bond acceptors (Lipinski definition) is 5. The summed E-state index contributed by atoms with van der Waals surface area (Å²) in [4.78, 5) is 4.65. The third-order valence-electron chi connectivity index (χ3n) is 4.17. The lowest BCUT2D eigenvalue weighted by Crippen LogP contribution is -2.00. The molecule has 0 amide bonds. The van der Waals surface area contributed by atoms with Crippen LogP contribution in [-0.4, -0.2) is 29.6 Å². The van der Waals surface area contributed by atoms with Gasteiger partial charge in [0.15, 0.2) is 0 Å². The maximum Gasteiger partial charge on any atom is 0.214 e. The number of benzene rings is 1. The van der Waals surface area contributed by atoms with E-state index in [1.54, 1.807) is 16.4 Å². The van der Waals surface area contributed by atoms with Gasteiger partial charge in [-0.25, -0.2) is 4.98 Å². The van der Waals surface area contributed by atoms with Gasteiger partial charge in [0.2, 0.25) is 5.16 Å². The Balaban J connectivity index is 1.57. The average Bonchev–Trinajstić information content (AvgIpc) is 3.21. The number of rotatable bonds is 4. The molecule has 126 valence electrons. The van der Waals surface area contributed by atoms with Gasteiger partial charge in [0.05, 0.1) is 11.4 Å². The van der Waals surface area contributed by atoms with E-state index in [-0.39, 0.29) is 0 Å². The summed E-state index contributed by atoms with van der Waals surface area (Å²) in [6, 6.07) is 10.3. The molecule has 0 radical (unpaired) electrons. The quantitative estimate of drug-likeness (QED) is 0.527. The van der Waals surface area contributed by atoms with Crippen molar-refractivity contribution in [2.75, 3.05) is 0 Å². The van der Waals surface area contributed by atoms with Gasteiger partial charge in [-0.3, -0.25) is 0 Å². The number of fused-ring (bicyclic) bond motifs is 1. The van der Waals surface area contributed by atoms with Gasteiger partial charge in [-0.1, -0.05) is 23.9 Å². The number of tetrazole rings is 1. The van der Waals surface area contributed by atoms with E-state index < -0.39 is 0 Å². The largest absolute Gasteiger partial charge is 0.307 e. The summed E-state index contributed by atoms with van der Waals surface area (Å²) < 4.78 is 3.83. The third kappa shape index (κ3) is 3.15. The van der Waals surface area contributed by atoms with Gasteiger partial charge >= 0.3 is 0 Å². The minimum Gasteiger partial charge on any atom is -0.307 e. The standard InChI is InChI=1S/C18H18N6S/c1-12-4-7-17-19-15(10-23(17)9-12)11-25-18-20-21-22-24(18)16-6-5-13(2)14(3)8-16/h4-10H,11H2,1-3H3. The molecule has 0 aliphatic heterocycles. The zero-order valence-corrected chi connectivity index (χ0v) is 15.2. The molecule has 0 saturated carbocycles. The van der Waals surface area contributed by atoms with Crippen LogP contribution < -0.4 is 0 Å². The Kier molecular flexibility index (Phi) is 4.01. The van der Waals surface area contributed by atoms with Crippen LogP contribution >= 0.6 is 11.8 Å². The summed E-state index contributed by atoms with van der Waals surface area (Å²) >= 11 is 1.58. The maximum absolute atomic E-state index is 4.65. The Morgan fingerprint density at radius 2 is 1.88 bits per heavy atom. The van der Waals surface area contributed by atoms with Crippen LogP contribution in [0.1, 0.15) is 22.4 Å². The Morgan fingerprint density at radius 3 is 2.72 bits per heavy atom. The fourth-order valence-electron chi connectivity index (χ4n) is 2.65. The first-order chi connectivity index (χ1) is 12.1. The zero-order chi connectivity index (χ0) is 17.4. The predicted octanol–water partition coefficient (Wildman–Crippen LogP) is 3.53. The van der Waals surface area contributed by atoms with Crippen molar-refractivity contribution in [3.8, 4) is 5.69 Å². The van der Waals surface area contributed by atoms with Crippen LogP contribution in [0.2, 0.25) is 0 Å². The molecule has 1 aromatic carbocycles. The molecule has 25 heavy (non-hydrogen) atoms. The molecule has 0 fully saturated rings. The summed E-state index contributed by atoms with van der Waals surface area (Å²) in [5, 5.41) is 12.9. The molecule has 3 aromatic heterocycles. The maximum atomic E-state index is 4.65. The summed E-state index contributed by atoms with van der Waals surface area (Å²) in [7, 11) is 0. The van der Waals surface area contributed by atoms with Crippen molar-refractivity contribution >= 4 is 17.4 Å². The molecule has 0 N–H and O–H groups in total. The zero-order valence-electron chi connectivity index (χ0n) is 14.3. The topological polar surface area (TPSA) is 60.9 Å². The normalized spacial score (nSPS) is 11.3. The minimum absolute atomic E-state index is 0.714. The van der Waals surface area contributed by atoms with Crippen LogP contribution in [0.25, 0.3) is 11.3 Å². The Hall–Kier alpha value is -2.67. The predicted molar refractivity (Wildman–Crippen MR) is 98.1 cm³/mol. The number of pyridine rings is 1. The van der Waals surface area contributed by atoms with Crippen molar-refractivity contribution in [1.82, 2.24) is 29.6 Å². The minimum atomic E-state index is 0.714. The monoisotopic (exact) mass is 350 g/mol. The Morgan fingerprint density at radius 1 is 1.00 bits per heavy atom. The van der Waals surface area contributed by atoms with Crippen molar-refractivity contribution in [3.05, 3.63) is 65.1 Å². The van der Waals surface area contributed by atoms with Crippen LogP contribution in [0.5, 0.6) is 0 Å².